The molecule has 0 atom stereocenters. The molecule has 0 saturated carbocycles. The number of hydrogen-bond donors (Lipinski definition) is 2. The van der Waals surface area contributed by atoms with E-state index in [1.807, 2.05) is 13.0 Å². The van der Waals surface area contributed by atoms with Crippen LogP contribution in [-0.4, -0.2) is 11.7 Å². The zero-order valence-corrected chi connectivity index (χ0v) is 9.01. The molecule has 0 aromatic heterocycles. The maximum absolute atomic E-state index is 9.68. The van der Waals surface area contributed by atoms with Crippen LogP contribution >= 0.6 is 0 Å². The van der Waals surface area contributed by atoms with Crippen molar-refractivity contribution in [3.8, 4) is 5.75 Å². The van der Waals surface area contributed by atoms with Crippen LogP contribution in [0.1, 0.15) is 29.5 Å². The lowest BCUT2D eigenvalue weighted by Crippen LogP contribution is -1.99. The monoisotopic (exact) mass is 193 g/mol. The van der Waals surface area contributed by atoms with Gasteiger partial charge in [-0.15, -0.1) is 0 Å². The summed E-state index contributed by atoms with van der Waals surface area (Å²) in [5.74, 6) is 0.421. The first kappa shape index (κ1) is 11.1. The largest absolute Gasteiger partial charge is 0.508 e. The van der Waals surface area contributed by atoms with Gasteiger partial charge in [0, 0.05) is 0 Å². The van der Waals surface area contributed by atoms with Crippen LogP contribution in [0.2, 0.25) is 0 Å². The molecule has 0 unspecified atom stereocenters. The Labute approximate surface area is 85.8 Å². The molecule has 14 heavy (non-hydrogen) atoms. The Morgan fingerprint density at radius 3 is 2.43 bits per heavy atom. The lowest BCUT2D eigenvalue weighted by atomic mass is 10.0. The normalized spacial score (nSPS) is 10.5. The van der Waals surface area contributed by atoms with Gasteiger partial charge in [0.25, 0.3) is 0 Å². The van der Waals surface area contributed by atoms with E-state index >= 15 is 0 Å². The zero-order chi connectivity index (χ0) is 10.6. The summed E-state index contributed by atoms with van der Waals surface area (Å²) in [5.41, 5.74) is 8.85. The number of unbranched alkanes of at least 4 members (excludes halogenated alkanes) is 1. The van der Waals surface area contributed by atoms with Gasteiger partial charge in [-0.1, -0.05) is 6.07 Å². The first-order chi connectivity index (χ1) is 6.65. The fourth-order valence-corrected chi connectivity index (χ4v) is 1.52. The van der Waals surface area contributed by atoms with Gasteiger partial charge >= 0.3 is 0 Å². The number of aromatic hydroxyl groups is 1. The highest BCUT2D eigenvalue weighted by atomic mass is 16.3. The third kappa shape index (κ3) is 2.74. The van der Waals surface area contributed by atoms with Crippen LogP contribution in [0.3, 0.4) is 0 Å². The molecule has 0 aliphatic carbocycles. The lowest BCUT2D eigenvalue weighted by molar-refractivity contribution is 0.466. The van der Waals surface area contributed by atoms with Gasteiger partial charge in [0.05, 0.1) is 0 Å². The molecule has 0 spiro atoms. The summed E-state index contributed by atoms with van der Waals surface area (Å²) < 4.78 is 0. The van der Waals surface area contributed by atoms with Crippen LogP contribution in [0.25, 0.3) is 0 Å². The Morgan fingerprint density at radius 1 is 1.14 bits per heavy atom. The van der Waals surface area contributed by atoms with E-state index in [4.69, 9.17) is 5.73 Å². The average Bonchev–Trinajstić information content (AvgIpc) is 2.14. The first-order valence-corrected chi connectivity index (χ1v) is 5.14. The van der Waals surface area contributed by atoms with Gasteiger partial charge < -0.3 is 10.8 Å². The summed E-state index contributed by atoms with van der Waals surface area (Å²) in [6.45, 7) is 4.81. The topological polar surface area (TPSA) is 46.2 Å². The summed E-state index contributed by atoms with van der Waals surface area (Å²) in [6, 6.07) is 3.91. The molecule has 0 aliphatic rings. The van der Waals surface area contributed by atoms with Gasteiger partial charge in [-0.25, -0.2) is 0 Å². The van der Waals surface area contributed by atoms with Crippen molar-refractivity contribution in [2.24, 2.45) is 5.73 Å². The highest BCUT2D eigenvalue weighted by Crippen LogP contribution is 2.23. The molecule has 0 bridgehead atoms. The van der Waals surface area contributed by atoms with Crippen molar-refractivity contribution in [2.75, 3.05) is 6.54 Å². The van der Waals surface area contributed by atoms with Crippen LogP contribution in [0.15, 0.2) is 12.1 Å². The standard InChI is InChI=1S/C12H19NO/c1-9-7-11(5-3-4-6-13)12(14)8-10(9)2/h7-8,14H,3-6,13H2,1-2H3. The molecule has 2 nitrogen and oxygen atoms in total. The van der Waals surface area contributed by atoms with Gasteiger partial charge in [-0.05, 0) is 62.4 Å². The second-order valence-corrected chi connectivity index (χ2v) is 3.81. The average molecular weight is 193 g/mol. The summed E-state index contributed by atoms with van der Waals surface area (Å²) in [5, 5.41) is 9.68. The van der Waals surface area contributed by atoms with Crippen molar-refractivity contribution >= 4 is 0 Å². The van der Waals surface area contributed by atoms with Crippen molar-refractivity contribution in [2.45, 2.75) is 33.1 Å². The maximum Gasteiger partial charge on any atom is 0.119 e. The predicted molar refractivity (Wildman–Crippen MR) is 59.6 cm³/mol. The molecule has 0 amide bonds. The fourth-order valence-electron chi connectivity index (χ4n) is 1.52. The number of hydrogen-bond acceptors (Lipinski definition) is 2. The minimum atomic E-state index is 0.421. The molecule has 3 N–H and O–H groups in total. The fraction of sp³-hybridized carbons (Fsp3) is 0.500. The van der Waals surface area contributed by atoms with Crippen LogP contribution in [-0.2, 0) is 6.42 Å². The van der Waals surface area contributed by atoms with Crippen molar-refractivity contribution in [3.05, 3.63) is 28.8 Å². The number of nitrogens with two attached hydrogens (primary N) is 1. The molecule has 1 aromatic carbocycles. The molecule has 78 valence electrons. The Morgan fingerprint density at radius 2 is 1.79 bits per heavy atom. The van der Waals surface area contributed by atoms with E-state index in [-0.39, 0.29) is 0 Å². The van der Waals surface area contributed by atoms with Crippen LogP contribution in [0, 0.1) is 13.8 Å². The number of aryl methyl sites for hydroxylation is 3. The smallest absolute Gasteiger partial charge is 0.119 e. The number of phenolic OH excluding ortho intramolecular Hbond substituents is 1. The molecule has 2 heteroatoms. The van der Waals surface area contributed by atoms with Crippen LogP contribution in [0.4, 0.5) is 0 Å². The Bertz CT molecular complexity index is 307. The molecule has 1 aromatic rings. The summed E-state index contributed by atoms with van der Waals surface area (Å²) >= 11 is 0. The van der Waals surface area contributed by atoms with E-state index in [1.54, 1.807) is 0 Å². The van der Waals surface area contributed by atoms with Gasteiger partial charge in [0.1, 0.15) is 5.75 Å². The van der Waals surface area contributed by atoms with E-state index in [0.717, 1.165) is 36.9 Å². The van der Waals surface area contributed by atoms with E-state index in [0.29, 0.717) is 5.75 Å². The van der Waals surface area contributed by atoms with Gasteiger partial charge in [0.15, 0.2) is 0 Å². The van der Waals surface area contributed by atoms with E-state index in [9.17, 15) is 5.11 Å². The third-order valence-corrected chi connectivity index (χ3v) is 2.60. The number of benzene rings is 1. The summed E-state index contributed by atoms with van der Waals surface area (Å²) in [4.78, 5) is 0. The van der Waals surface area contributed by atoms with Gasteiger partial charge in [0.2, 0.25) is 0 Å². The molecule has 0 radical (unpaired) electrons. The van der Waals surface area contributed by atoms with E-state index < -0.39 is 0 Å². The summed E-state index contributed by atoms with van der Waals surface area (Å²) in [6.07, 6.45) is 2.99. The molecular weight excluding hydrogens is 174 g/mol. The summed E-state index contributed by atoms with van der Waals surface area (Å²) in [7, 11) is 0. The Hall–Kier alpha value is -1.02. The maximum atomic E-state index is 9.68. The first-order valence-electron chi connectivity index (χ1n) is 5.14. The zero-order valence-electron chi connectivity index (χ0n) is 9.01. The number of phenols is 1. The molecule has 0 saturated heterocycles. The predicted octanol–water partition coefficient (Wildman–Crippen LogP) is 2.29. The minimum Gasteiger partial charge on any atom is -0.508 e. The highest BCUT2D eigenvalue weighted by molar-refractivity contribution is 5.40. The second kappa shape index (κ2) is 5.01. The van der Waals surface area contributed by atoms with Crippen molar-refractivity contribution in [3.63, 3.8) is 0 Å². The quantitative estimate of drug-likeness (QED) is 0.721. The van der Waals surface area contributed by atoms with Crippen molar-refractivity contribution < 1.29 is 5.11 Å². The Balaban J connectivity index is 2.72. The van der Waals surface area contributed by atoms with Crippen LogP contribution < -0.4 is 5.73 Å². The SMILES string of the molecule is Cc1cc(O)c(CCCCN)cc1C. The third-order valence-electron chi connectivity index (χ3n) is 2.60. The van der Waals surface area contributed by atoms with Crippen molar-refractivity contribution in [1.29, 1.82) is 0 Å². The molecule has 1 rings (SSSR count). The van der Waals surface area contributed by atoms with E-state index in [1.165, 1.54) is 5.56 Å². The number of rotatable bonds is 4. The Kier molecular flexibility index (Phi) is 3.96. The molecule has 0 heterocycles. The van der Waals surface area contributed by atoms with Gasteiger partial charge in [-0.2, -0.15) is 0 Å². The van der Waals surface area contributed by atoms with E-state index in [2.05, 4.69) is 13.0 Å². The minimum absolute atomic E-state index is 0.421. The molecule has 0 fully saturated rings. The highest BCUT2D eigenvalue weighted by Gasteiger charge is 2.03. The second-order valence-electron chi connectivity index (χ2n) is 3.81. The van der Waals surface area contributed by atoms with Crippen molar-refractivity contribution in [1.82, 2.24) is 0 Å². The molecule has 0 aliphatic heterocycles. The molecular formula is C12H19NO. The van der Waals surface area contributed by atoms with Gasteiger partial charge in [-0.3, -0.25) is 0 Å². The lowest BCUT2D eigenvalue weighted by Gasteiger charge is -2.07. The van der Waals surface area contributed by atoms with Crippen LogP contribution in [0.5, 0.6) is 5.75 Å².